The van der Waals surface area contributed by atoms with E-state index in [2.05, 4.69) is 6.92 Å². The molecule has 0 saturated carbocycles. The van der Waals surface area contributed by atoms with Crippen LogP contribution in [0.1, 0.15) is 37.0 Å². The number of esters is 1. The molecule has 100 valence electrons. The van der Waals surface area contributed by atoms with Crippen LogP contribution in [0.2, 0.25) is 5.02 Å². The summed E-state index contributed by atoms with van der Waals surface area (Å²) >= 11 is 5.81. The monoisotopic (exact) mass is 270 g/mol. The predicted octanol–water partition coefficient (Wildman–Crippen LogP) is 3.70. The molecule has 18 heavy (non-hydrogen) atoms. The second-order valence-electron chi connectivity index (χ2n) is 4.15. The van der Waals surface area contributed by atoms with Crippen LogP contribution in [0.5, 0.6) is 0 Å². The van der Waals surface area contributed by atoms with Crippen molar-refractivity contribution in [2.24, 2.45) is 0 Å². The molecule has 0 aliphatic heterocycles. The average Bonchev–Trinajstić information content (AvgIpc) is 2.34. The first-order valence-corrected chi connectivity index (χ1v) is 6.55. The number of rotatable bonds is 7. The van der Waals surface area contributed by atoms with E-state index >= 15 is 0 Å². The third-order valence-corrected chi connectivity index (χ3v) is 2.60. The van der Waals surface area contributed by atoms with Gasteiger partial charge in [-0.1, -0.05) is 31.0 Å². The molecule has 0 aromatic heterocycles. The molecule has 0 fully saturated rings. The zero-order chi connectivity index (χ0) is 13.4. The molecule has 3 nitrogen and oxygen atoms in total. The van der Waals surface area contributed by atoms with Crippen LogP contribution < -0.4 is 0 Å². The summed E-state index contributed by atoms with van der Waals surface area (Å²) in [5.74, 6) is -0.371. The molecule has 0 heterocycles. The minimum atomic E-state index is -0.371. The van der Waals surface area contributed by atoms with Crippen LogP contribution >= 0.6 is 11.6 Å². The fourth-order valence-corrected chi connectivity index (χ4v) is 1.59. The van der Waals surface area contributed by atoms with Gasteiger partial charge in [-0.05, 0) is 31.5 Å². The number of halogens is 1. The van der Waals surface area contributed by atoms with Gasteiger partial charge in [-0.2, -0.15) is 0 Å². The lowest BCUT2D eigenvalue weighted by atomic mass is 10.2. The van der Waals surface area contributed by atoms with E-state index in [1.54, 1.807) is 24.3 Å². The number of benzene rings is 1. The van der Waals surface area contributed by atoms with E-state index in [1.807, 2.05) is 6.92 Å². The summed E-state index contributed by atoms with van der Waals surface area (Å²) in [5.41, 5.74) is 0.461. The molecule has 0 N–H and O–H groups in total. The molecule has 0 amide bonds. The van der Waals surface area contributed by atoms with Gasteiger partial charge in [0.05, 0.1) is 12.2 Å². The van der Waals surface area contributed by atoms with E-state index in [0.29, 0.717) is 23.8 Å². The van der Waals surface area contributed by atoms with Gasteiger partial charge in [-0.3, -0.25) is 0 Å². The van der Waals surface area contributed by atoms with Crippen LogP contribution in [0.15, 0.2) is 24.3 Å². The van der Waals surface area contributed by atoms with Crippen LogP contribution in [0.3, 0.4) is 0 Å². The molecule has 1 aromatic rings. The quantitative estimate of drug-likeness (QED) is 0.560. The zero-order valence-electron chi connectivity index (χ0n) is 10.8. The minimum absolute atomic E-state index is 0.256. The normalized spacial score (nSPS) is 12.2. The standard InChI is InChI=1S/C14H19ClO3/c1-3-4-8-17-10-11(2)18-14(16)12-6-5-7-13(15)9-12/h5-7,9,11H,3-4,8,10H2,1-2H3. The Kier molecular flexibility index (Phi) is 6.76. The highest BCUT2D eigenvalue weighted by Gasteiger charge is 2.12. The highest BCUT2D eigenvalue weighted by atomic mass is 35.5. The summed E-state index contributed by atoms with van der Waals surface area (Å²) in [5, 5.41) is 0.524. The molecular weight excluding hydrogens is 252 g/mol. The second kappa shape index (κ2) is 8.11. The van der Waals surface area contributed by atoms with Crippen molar-refractivity contribution < 1.29 is 14.3 Å². The zero-order valence-corrected chi connectivity index (χ0v) is 11.6. The Hall–Kier alpha value is -1.06. The Morgan fingerprint density at radius 1 is 1.44 bits per heavy atom. The molecule has 1 aromatic carbocycles. The average molecular weight is 271 g/mol. The molecule has 4 heteroatoms. The molecule has 0 radical (unpaired) electrons. The van der Waals surface area contributed by atoms with Crippen molar-refractivity contribution in [1.82, 2.24) is 0 Å². The summed E-state index contributed by atoms with van der Waals surface area (Å²) < 4.78 is 10.6. The third kappa shape index (κ3) is 5.52. The van der Waals surface area contributed by atoms with Gasteiger partial charge in [0, 0.05) is 11.6 Å². The van der Waals surface area contributed by atoms with E-state index in [-0.39, 0.29) is 12.1 Å². The van der Waals surface area contributed by atoms with E-state index in [0.717, 1.165) is 12.8 Å². The largest absolute Gasteiger partial charge is 0.457 e. The molecule has 1 rings (SSSR count). The highest BCUT2D eigenvalue weighted by Crippen LogP contribution is 2.12. The maximum absolute atomic E-state index is 11.8. The molecule has 0 aliphatic rings. The minimum Gasteiger partial charge on any atom is -0.457 e. The lowest BCUT2D eigenvalue weighted by molar-refractivity contribution is 0.00169. The van der Waals surface area contributed by atoms with E-state index < -0.39 is 0 Å². The Balaban J connectivity index is 2.35. The lowest BCUT2D eigenvalue weighted by Crippen LogP contribution is -2.20. The number of hydrogen-bond acceptors (Lipinski definition) is 3. The highest BCUT2D eigenvalue weighted by molar-refractivity contribution is 6.30. The molecule has 0 spiro atoms. The van der Waals surface area contributed by atoms with Crippen LogP contribution in [-0.4, -0.2) is 25.3 Å². The van der Waals surface area contributed by atoms with Crippen LogP contribution in [0.25, 0.3) is 0 Å². The van der Waals surface area contributed by atoms with Gasteiger partial charge in [0.2, 0.25) is 0 Å². The van der Waals surface area contributed by atoms with Crippen molar-refractivity contribution in [2.45, 2.75) is 32.8 Å². The number of unbranched alkanes of at least 4 members (excludes halogenated alkanes) is 1. The number of carbonyl (C=O) groups is 1. The van der Waals surface area contributed by atoms with Gasteiger partial charge in [0.25, 0.3) is 0 Å². The Labute approximate surface area is 113 Å². The summed E-state index contributed by atoms with van der Waals surface area (Å²) in [6, 6.07) is 6.71. The molecule has 1 atom stereocenters. The van der Waals surface area contributed by atoms with Gasteiger partial charge in [0.1, 0.15) is 6.10 Å². The van der Waals surface area contributed by atoms with Crippen molar-refractivity contribution in [3.05, 3.63) is 34.9 Å². The first kappa shape index (κ1) is 15.0. The fraction of sp³-hybridized carbons (Fsp3) is 0.500. The molecule has 0 saturated heterocycles. The van der Waals surface area contributed by atoms with Crippen molar-refractivity contribution in [3.8, 4) is 0 Å². The Bertz CT molecular complexity index is 379. The van der Waals surface area contributed by atoms with E-state index in [9.17, 15) is 4.79 Å². The summed E-state index contributed by atoms with van der Waals surface area (Å²) in [6.07, 6.45) is 1.86. The van der Waals surface area contributed by atoms with Gasteiger partial charge in [-0.25, -0.2) is 4.79 Å². The number of carbonyl (C=O) groups excluding carboxylic acids is 1. The Morgan fingerprint density at radius 3 is 2.89 bits per heavy atom. The van der Waals surface area contributed by atoms with Gasteiger partial charge >= 0.3 is 5.97 Å². The van der Waals surface area contributed by atoms with Crippen LogP contribution in [0, 0.1) is 0 Å². The maximum atomic E-state index is 11.8. The van der Waals surface area contributed by atoms with E-state index in [1.165, 1.54) is 0 Å². The van der Waals surface area contributed by atoms with Crippen LogP contribution in [-0.2, 0) is 9.47 Å². The number of ether oxygens (including phenoxy) is 2. The van der Waals surface area contributed by atoms with E-state index in [4.69, 9.17) is 21.1 Å². The summed E-state index contributed by atoms with van der Waals surface area (Å²) in [7, 11) is 0. The number of hydrogen-bond donors (Lipinski definition) is 0. The van der Waals surface area contributed by atoms with Gasteiger partial charge in [0.15, 0.2) is 0 Å². The fourth-order valence-electron chi connectivity index (χ4n) is 1.40. The molecule has 0 aliphatic carbocycles. The van der Waals surface area contributed by atoms with Crippen LogP contribution in [0.4, 0.5) is 0 Å². The maximum Gasteiger partial charge on any atom is 0.338 e. The topological polar surface area (TPSA) is 35.5 Å². The predicted molar refractivity (Wildman–Crippen MR) is 72.1 cm³/mol. The summed E-state index contributed by atoms with van der Waals surface area (Å²) in [6.45, 7) is 5.04. The SMILES string of the molecule is CCCCOCC(C)OC(=O)c1cccc(Cl)c1. The van der Waals surface area contributed by atoms with Gasteiger partial charge in [-0.15, -0.1) is 0 Å². The van der Waals surface area contributed by atoms with Crippen molar-refractivity contribution in [2.75, 3.05) is 13.2 Å². The Morgan fingerprint density at radius 2 is 2.22 bits per heavy atom. The third-order valence-electron chi connectivity index (χ3n) is 2.36. The smallest absolute Gasteiger partial charge is 0.338 e. The molecule has 0 bridgehead atoms. The first-order valence-electron chi connectivity index (χ1n) is 6.17. The van der Waals surface area contributed by atoms with Crippen molar-refractivity contribution >= 4 is 17.6 Å². The van der Waals surface area contributed by atoms with Crippen molar-refractivity contribution in [3.63, 3.8) is 0 Å². The summed E-state index contributed by atoms with van der Waals surface area (Å²) in [4.78, 5) is 11.8. The molecule has 1 unspecified atom stereocenters. The molecular formula is C14H19ClO3. The first-order chi connectivity index (χ1) is 8.63. The van der Waals surface area contributed by atoms with Crippen molar-refractivity contribution in [1.29, 1.82) is 0 Å². The lowest BCUT2D eigenvalue weighted by Gasteiger charge is -2.13. The van der Waals surface area contributed by atoms with Gasteiger partial charge < -0.3 is 9.47 Å². The second-order valence-corrected chi connectivity index (χ2v) is 4.59.